The van der Waals surface area contributed by atoms with Gasteiger partial charge in [0, 0.05) is 42.0 Å². The number of pyridine rings is 1. The Bertz CT molecular complexity index is 501. The highest BCUT2D eigenvalue weighted by molar-refractivity contribution is 5.93. The molecule has 1 aliphatic heterocycles. The number of fused-ring (bicyclic) bond motifs is 1. The molecule has 1 aliphatic rings. The van der Waals surface area contributed by atoms with Gasteiger partial charge in [0.2, 0.25) is 0 Å². The molecule has 1 aromatic carbocycles. The van der Waals surface area contributed by atoms with Crippen LogP contribution in [0.2, 0.25) is 0 Å². The van der Waals surface area contributed by atoms with E-state index in [1.165, 1.54) is 29.3 Å². The molecule has 0 spiro atoms. The van der Waals surface area contributed by atoms with Crippen LogP contribution in [0.25, 0.3) is 10.8 Å². The average molecular weight is 228 g/mol. The average Bonchev–Trinajstić information content (AvgIpc) is 2.89. The Morgan fingerprint density at radius 2 is 2.35 bits per heavy atom. The summed E-state index contributed by atoms with van der Waals surface area (Å²) in [6.45, 7) is 1.80. The van der Waals surface area contributed by atoms with E-state index >= 15 is 0 Å². The molecule has 1 saturated heterocycles. The highest BCUT2D eigenvalue weighted by atomic mass is 16.5. The molecule has 88 valence electrons. The van der Waals surface area contributed by atoms with E-state index in [1.54, 1.807) is 0 Å². The van der Waals surface area contributed by atoms with Gasteiger partial charge in [0.1, 0.15) is 0 Å². The van der Waals surface area contributed by atoms with Crippen molar-refractivity contribution in [2.24, 2.45) is 0 Å². The van der Waals surface area contributed by atoms with E-state index in [9.17, 15) is 0 Å². The number of anilines is 1. The van der Waals surface area contributed by atoms with Crippen molar-refractivity contribution in [3.05, 3.63) is 36.7 Å². The van der Waals surface area contributed by atoms with Crippen molar-refractivity contribution in [2.45, 2.75) is 18.9 Å². The number of benzene rings is 1. The Balaban J connectivity index is 1.79. The number of rotatable bonds is 3. The van der Waals surface area contributed by atoms with Gasteiger partial charge in [-0.2, -0.15) is 0 Å². The minimum atomic E-state index is 0.368. The minimum Gasteiger partial charge on any atom is -0.382 e. The molecule has 2 aromatic rings. The summed E-state index contributed by atoms with van der Waals surface area (Å²) in [5.41, 5.74) is 1.17. The molecule has 3 heteroatoms. The van der Waals surface area contributed by atoms with Crippen molar-refractivity contribution in [3.63, 3.8) is 0 Å². The van der Waals surface area contributed by atoms with Gasteiger partial charge in [-0.3, -0.25) is 4.98 Å². The van der Waals surface area contributed by atoms with Gasteiger partial charge in [-0.1, -0.05) is 12.1 Å². The standard InChI is InChI=1S/C14H16N2O/c1-3-11-9-15-7-6-13(11)14(5-1)16-10-12-4-2-8-17-12/h1,3,5-7,9,12,16H,2,4,8,10H2. The largest absolute Gasteiger partial charge is 0.382 e. The first-order valence-corrected chi connectivity index (χ1v) is 6.12. The number of hydrogen-bond acceptors (Lipinski definition) is 3. The summed E-state index contributed by atoms with van der Waals surface area (Å²) < 4.78 is 5.61. The second-order valence-electron chi connectivity index (χ2n) is 4.42. The van der Waals surface area contributed by atoms with Crippen molar-refractivity contribution in [2.75, 3.05) is 18.5 Å². The Hall–Kier alpha value is -1.61. The Labute approximate surface area is 101 Å². The van der Waals surface area contributed by atoms with Crippen molar-refractivity contribution < 1.29 is 4.74 Å². The molecule has 2 heterocycles. The topological polar surface area (TPSA) is 34.1 Å². The van der Waals surface area contributed by atoms with Gasteiger partial charge in [-0.05, 0) is 25.0 Å². The van der Waals surface area contributed by atoms with Crippen LogP contribution in [-0.4, -0.2) is 24.2 Å². The maximum atomic E-state index is 5.61. The molecule has 3 rings (SSSR count). The van der Waals surface area contributed by atoms with Crippen molar-refractivity contribution >= 4 is 16.5 Å². The van der Waals surface area contributed by atoms with Crippen LogP contribution in [0.3, 0.4) is 0 Å². The van der Waals surface area contributed by atoms with Crippen LogP contribution < -0.4 is 5.32 Å². The van der Waals surface area contributed by atoms with Gasteiger partial charge in [-0.15, -0.1) is 0 Å². The number of nitrogens with zero attached hydrogens (tertiary/aromatic N) is 1. The molecule has 0 aliphatic carbocycles. The van der Waals surface area contributed by atoms with E-state index in [1.807, 2.05) is 18.5 Å². The van der Waals surface area contributed by atoms with E-state index in [0.29, 0.717) is 6.10 Å². The molecule has 1 atom stereocenters. The van der Waals surface area contributed by atoms with E-state index in [0.717, 1.165) is 13.2 Å². The third kappa shape index (κ3) is 2.24. The van der Waals surface area contributed by atoms with Gasteiger partial charge in [0.25, 0.3) is 0 Å². The zero-order valence-corrected chi connectivity index (χ0v) is 9.73. The summed E-state index contributed by atoms with van der Waals surface area (Å²) >= 11 is 0. The number of aromatic nitrogens is 1. The fourth-order valence-corrected chi connectivity index (χ4v) is 2.31. The predicted octanol–water partition coefficient (Wildman–Crippen LogP) is 2.83. The van der Waals surface area contributed by atoms with E-state index < -0.39 is 0 Å². The summed E-state index contributed by atoms with van der Waals surface area (Å²) in [5, 5.41) is 5.87. The summed E-state index contributed by atoms with van der Waals surface area (Å²) in [6.07, 6.45) is 6.45. The van der Waals surface area contributed by atoms with Crippen LogP contribution in [0.15, 0.2) is 36.7 Å². The lowest BCUT2D eigenvalue weighted by molar-refractivity contribution is 0.120. The predicted molar refractivity (Wildman–Crippen MR) is 69.2 cm³/mol. The molecule has 1 aromatic heterocycles. The Morgan fingerprint density at radius 3 is 3.24 bits per heavy atom. The number of hydrogen-bond donors (Lipinski definition) is 1. The lowest BCUT2D eigenvalue weighted by atomic mass is 10.1. The normalized spacial score (nSPS) is 19.6. The van der Waals surface area contributed by atoms with Crippen molar-refractivity contribution in [1.29, 1.82) is 0 Å². The van der Waals surface area contributed by atoms with Gasteiger partial charge in [-0.25, -0.2) is 0 Å². The Morgan fingerprint density at radius 1 is 1.35 bits per heavy atom. The molecule has 0 radical (unpaired) electrons. The van der Waals surface area contributed by atoms with Gasteiger partial charge in [0.05, 0.1) is 6.10 Å². The van der Waals surface area contributed by atoms with Gasteiger partial charge < -0.3 is 10.1 Å². The van der Waals surface area contributed by atoms with Crippen LogP contribution in [0.5, 0.6) is 0 Å². The number of ether oxygens (including phenoxy) is 1. The zero-order valence-electron chi connectivity index (χ0n) is 9.73. The van der Waals surface area contributed by atoms with Crippen LogP contribution >= 0.6 is 0 Å². The molecule has 0 amide bonds. The van der Waals surface area contributed by atoms with Crippen molar-refractivity contribution in [3.8, 4) is 0 Å². The smallest absolute Gasteiger partial charge is 0.0748 e. The van der Waals surface area contributed by atoms with Crippen LogP contribution in [0.1, 0.15) is 12.8 Å². The summed E-state index contributed by atoms with van der Waals surface area (Å²) in [7, 11) is 0. The fourth-order valence-electron chi connectivity index (χ4n) is 2.31. The minimum absolute atomic E-state index is 0.368. The maximum absolute atomic E-state index is 5.61. The molecule has 17 heavy (non-hydrogen) atoms. The zero-order chi connectivity index (χ0) is 11.5. The molecular formula is C14H16N2O. The van der Waals surface area contributed by atoms with Crippen LogP contribution in [0.4, 0.5) is 5.69 Å². The molecule has 0 saturated carbocycles. The third-order valence-electron chi connectivity index (χ3n) is 3.22. The summed E-state index contributed by atoms with van der Waals surface area (Å²) in [6, 6.07) is 8.30. The quantitative estimate of drug-likeness (QED) is 0.877. The first kappa shape index (κ1) is 10.5. The first-order chi connectivity index (χ1) is 8.43. The molecule has 1 N–H and O–H groups in total. The maximum Gasteiger partial charge on any atom is 0.0748 e. The van der Waals surface area contributed by atoms with Gasteiger partial charge in [0.15, 0.2) is 0 Å². The van der Waals surface area contributed by atoms with E-state index in [2.05, 4.69) is 28.5 Å². The van der Waals surface area contributed by atoms with Crippen molar-refractivity contribution in [1.82, 2.24) is 4.98 Å². The number of nitrogens with one attached hydrogen (secondary N) is 1. The third-order valence-corrected chi connectivity index (χ3v) is 3.22. The van der Waals surface area contributed by atoms with E-state index in [4.69, 9.17) is 4.74 Å². The lowest BCUT2D eigenvalue weighted by Crippen LogP contribution is -2.18. The van der Waals surface area contributed by atoms with Gasteiger partial charge >= 0.3 is 0 Å². The molecule has 0 bridgehead atoms. The second-order valence-corrected chi connectivity index (χ2v) is 4.42. The second kappa shape index (κ2) is 4.72. The monoisotopic (exact) mass is 228 g/mol. The van der Waals surface area contributed by atoms with E-state index in [-0.39, 0.29) is 0 Å². The fraction of sp³-hybridized carbons (Fsp3) is 0.357. The molecular weight excluding hydrogens is 212 g/mol. The summed E-state index contributed by atoms with van der Waals surface area (Å²) in [4.78, 5) is 4.14. The first-order valence-electron chi connectivity index (χ1n) is 6.12. The summed E-state index contributed by atoms with van der Waals surface area (Å²) in [5.74, 6) is 0. The Kier molecular flexibility index (Phi) is 2.92. The molecule has 3 nitrogen and oxygen atoms in total. The highest BCUT2D eigenvalue weighted by Gasteiger charge is 2.15. The SMILES string of the molecule is c1cc(NCC2CCCO2)c2ccncc2c1. The lowest BCUT2D eigenvalue weighted by Gasteiger charge is -2.13. The molecule has 1 fully saturated rings. The van der Waals surface area contributed by atoms with Crippen LogP contribution in [-0.2, 0) is 4.74 Å². The molecule has 1 unspecified atom stereocenters. The van der Waals surface area contributed by atoms with Crippen LogP contribution in [0, 0.1) is 0 Å². The highest BCUT2D eigenvalue weighted by Crippen LogP contribution is 2.22.